The van der Waals surface area contributed by atoms with Gasteiger partial charge < -0.3 is 5.32 Å². The van der Waals surface area contributed by atoms with Crippen LogP contribution in [-0.4, -0.2) is 17.8 Å². The molecule has 1 aromatic rings. The predicted octanol–water partition coefficient (Wildman–Crippen LogP) is 3.23. The van der Waals surface area contributed by atoms with Crippen molar-refractivity contribution in [3.8, 4) is 0 Å². The first-order valence-electron chi connectivity index (χ1n) is 4.91. The molecule has 0 aliphatic carbocycles. The molecular weight excluding hydrogens is 252 g/mol. The highest BCUT2D eigenvalue weighted by atomic mass is 35.5. The second kappa shape index (κ2) is 6.06. The van der Waals surface area contributed by atoms with Crippen LogP contribution in [-0.2, 0) is 0 Å². The molecule has 1 rings (SSSR count). The summed E-state index contributed by atoms with van der Waals surface area (Å²) in [5, 5.41) is 2.72. The number of alkyl halides is 1. The molecule has 0 saturated heterocycles. The molecular formula is C11H12Cl2FNO. The zero-order valence-corrected chi connectivity index (χ0v) is 10.3. The number of halogens is 3. The molecule has 0 radical (unpaired) electrons. The van der Waals surface area contributed by atoms with E-state index in [2.05, 4.69) is 5.32 Å². The smallest absolute Gasteiger partial charge is 0.256 e. The molecule has 1 aromatic carbocycles. The number of hydrogen-bond acceptors (Lipinski definition) is 1. The number of rotatable bonds is 4. The van der Waals surface area contributed by atoms with Gasteiger partial charge in [0.15, 0.2) is 0 Å². The number of carbonyl (C=O) groups excluding carboxylic acids is 1. The number of hydrogen-bond donors (Lipinski definition) is 1. The van der Waals surface area contributed by atoms with Crippen LogP contribution >= 0.6 is 23.2 Å². The van der Waals surface area contributed by atoms with E-state index in [0.717, 1.165) is 0 Å². The van der Waals surface area contributed by atoms with Gasteiger partial charge in [-0.2, -0.15) is 0 Å². The standard InChI is InChI=1S/C11H12Cl2FNO/c1-2-7(6-12)15-11(16)10-8(13)4-3-5-9(10)14/h3-5,7H,2,6H2,1H3,(H,15,16). The summed E-state index contributed by atoms with van der Waals surface area (Å²) >= 11 is 11.4. The zero-order chi connectivity index (χ0) is 12.1. The molecule has 0 fully saturated rings. The number of amides is 1. The lowest BCUT2D eigenvalue weighted by atomic mass is 10.1. The molecule has 0 bridgehead atoms. The van der Waals surface area contributed by atoms with Crippen molar-refractivity contribution in [1.82, 2.24) is 5.32 Å². The summed E-state index contributed by atoms with van der Waals surface area (Å²) in [5.74, 6) is -0.876. The van der Waals surface area contributed by atoms with Gasteiger partial charge in [0.1, 0.15) is 5.82 Å². The first-order chi connectivity index (χ1) is 7.60. The Morgan fingerprint density at radius 1 is 1.56 bits per heavy atom. The summed E-state index contributed by atoms with van der Waals surface area (Å²) in [4.78, 5) is 11.7. The van der Waals surface area contributed by atoms with Gasteiger partial charge in [-0.3, -0.25) is 4.79 Å². The monoisotopic (exact) mass is 263 g/mol. The van der Waals surface area contributed by atoms with Gasteiger partial charge >= 0.3 is 0 Å². The van der Waals surface area contributed by atoms with Gasteiger partial charge in [-0.25, -0.2) is 4.39 Å². The third-order valence-electron chi connectivity index (χ3n) is 2.20. The average molecular weight is 264 g/mol. The maximum atomic E-state index is 13.4. The third kappa shape index (κ3) is 3.09. The Bertz CT molecular complexity index is 360. The first kappa shape index (κ1) is 13.3. The molecule has 88 valence electrons. The minimum Gasteiger partial charge on any atom is -0.348 e. The van der Waals surface area contributed by atoms with Crippen LogP contribution in [0, 0.1) is 5.82 Å². The van der Waals surface area contributed by atoms with Crippen molar-refractivity contribution >= 4 is 29.1 Å². The van der Waals surface area contributed by atoms with Crippen LogP contribution in [0.4, 0.5) is 4.39 Å². The van der Waals surface area contributed by atoms with Crippen LogP contribution < -0.4 is 5.32 Å². The first-order valence-corrected chi connectivity index (χ1v) is 5.82. The minimum absolute atomic E-state index is 0.0990. The molecule has 16 heavy (non-hydrogen) atoms. The van der Waals surface area contributed by atoms with Gasteiger partial charge in [0.2, 0.25) is 0 Å². The normalized spacial score (nSPS) is 12.2. The Morgan fingerprint density at radius 3 is 2.75 bits per heavy atom. The van der Waals surface area contributed by atoms with Crippen molar-refractivity contribution in [2.24, 2.45) is 0 Å². The van der Waals surface area contributed by atoms with Crippen LogP contribution in [0.5, 0.6) is 0 Å². The Kier molecular flexibility index (Phi) is 5.03. The van der Waals surface area contributed by atoms with Gasteiger partial charge in [-0.15, -0.1) is 11.6 Å². The van der Waals surface area contributed by atoms with Gasteiger partial charge in [-0.05, 0) is 18.6 Å². The van der Waals surface area contributed by atoms with Crippen molar-refractivity contribution < 1.29 is 9.18 Å². The molecule has 1 amide bonds. The van der Waals surface area contributed by atoms with Crippen molar-refractivity contribution in [3.05, 3.63) is 34.6 Å². The highest BCUT2D eigenvalue weighted by molar-refractivity contribution is 6.33. The summed E-state index contributed by atoms with van der Waals surface area (Å²) in [6, 6.07) is 3.95. The predicted molar refractivity (Wildman–Crippen MR) is 63.7 cm³/mol. The molecule has 1 atom stereocenters. The maximum Gasteiger partial charge on any atom is 0.256 e. The second-order valence-electron chi connectivity index (χ2n) is 3.33. The number of carbonyl (C=O) groups is 1. The summed E-state index contributed by atoms with van der Waals surface area (Å²) in [6.07, 6.45) is 0.682. The van der Waals surface area contributed by atoms with Crippen molar-refractivity contribution in [1.29, 1.82) is 0 Å². The minimum atomic E-state index is -0.630. The van der Waals surface area contributed by atoms with Gasteiger partial charge in [0.05, 0.1) is 10.6 Å². The molecule has 0 aromatic heterocycles. The maximum absolute atomic E-state index is 13.4. The average Bonchev–Trinajstić information content (AvgIpc) is 2.25. The Hall–Kier alpha value is -0.800. The van der Waals surface area contributed by atoms with E-state index in [1.54, 1.807) is 0 Å². The van der Waals surface area contributed by atoms with Gasteiger partial charge in [-0.1, -0.05) is 24.6 Å². The van der Waals surface area contributed by atoms with E-state index in [1.807, 2.05) is 6.92 Å². The largest absolute Gasteiger partial charge is 0.348 e. The van der Waals surface area contributed by atoms with Gasteiger partial charge in [0, 0.05) is 11.9 Å². The molecule has 0 heterocycles. The van der Waals surface area contributed by atoms with Crippen LogP contribution in [0.3, 0.4) is 0 Å². The molecule has 2 nitrogen and oxygen atoms in total. The third-order valence-corrected chi connectivity index (χ3v) is 2.89. The van der Waals surface area contributed by atoms with Crippen molar-refractivity contribution in [2.75, 3.05) is 5.88 Å². The van der Waals surface area contributed by atoms with E-state index in [1.165, 1.54) is 18.2 Å². The van der Waals surface area contributed by atoms with E-state index >= 15 is 0 Å². The van der Waals surface area contributed by atoms with Crippen LogP contribution in [0.1, 0.15) is 23.7 Å². The molecule has 0 aliphatic heterocycles. The number of benzene rings is 1. The lowest BCUT2D eigenvalue weighted by Gasteiger charge is -2.14. The summed E-state index contributed by atoms with van der Waals surface area (Å²) in [5.41, 5.74) is -0.132. The van der Waals surface area contributed by atoms with Crippen LogP contribution in [0.15, 0.2) is 18.2 Å². The van der Waals surface area contributed by atoms with E-state index in [9.17, 15) is 9.18 Å². The molecule has 0 aliphatic rings. The number of nitrogens with one attached hydrogen (secondary N) is 1. The van der Waals surface area contributed by atoms with E-state index in [-0.39, 0.29) is 22.5 Å². The Balaban J connectivity index is 2.88. The lowest BCUT2D eigenvalue weighted by molar-refractivity contribution is 0.0936. The fourth-order valence-electron chi connectivity index (χ4n) is 1.22. The quantitative estimate of drug-likeness (QED) is 0.831. The summed E-state index contributed by atoms with van der Waals surface area (Å²) in [7, 11) is 0. The summed E-state index contributed by atoms with van der Waals surface area (Å²) < 4.78 is 13.4. The summed E-state index contributed by atoms with van der Waals surface area (Å²) in [6.45, 7) is 1.89. The van der Waals surface area contributed by atoms with E-state index < -0.39 is 11.7 Å². The van der Waals surface area contributed by atoms with Gasteiger partial charge in [0.25, 0.3) is 5.91 Å². The fraction of sp³-hybridized carbons (Fsp3) is 0.364. The Morgan fingerprint density at radius 2 is 2.25 bits per heavy atom. The van der Waals surface area contributed by atoms with Crippen LogP contribution in [0.2, 0.25) is 5.02 Å². The van der Waals surface area contributed by atoms with Crippen molar-refractivity contribution in [3.63, 3.8) is 0 Å². The zero-order valence-electron chi connectivity index (χ0n) is 8.77. The van der Waals surface area contributed by atoms with E-state index in [0.29, 0.717) is 6.42 Å². The molecule has 5 heteroatoms. The van der Waals surface area contributed by atoms with Crippen molar-refractivity contribution in [2.45, 2.75) is 19.4 Å². The molecule has 1 N–H and O–H groups in total. The lowest BCUT2D eigenvalue weighted by Crippen LogP contribution is -2.36. The topological polar surface area (TPSA) is 29.1 Å². The Labute approximate surface area is 104 Å². The molecule has 0 saturated carbocycles. The highest BCUT2D eigenvalue weighted by Gasteiger charge is 2.17. The van der Waals surface area contributed by atoms with Crippen LogP contribution in [0.25, 0.3) is 0 Å². The van der Waals surface area contributed by atoms with E-state index in [4.69, 9.17) is 23.2 Å². The highest BCUT2D eigenvalue weighted by Crippen LogP contribution is 2.18. The second-order valence-corrected chi connectivity index (χ2v) is 4.05. The molecule has 0 spiro atoms. The molecule has 1 unspecified atom stereocenters. The SMILES string of the molecule is CCC(CCl)NC(=O)c1c(F)cccc1Cl. The fourth-order valence-corrected chi connectivity index (χ4v) is 1.77.